The summed E-state index contributed by atoms with van der Waals surface area (Å²) in [5.41, 5.74) is 4.43. The molecule has 6 nitrogen and oxygen atoms in total. The minimum Gasteiger partial charge on any atom is -0.493 e. The Morgan fingerprint density at radius 3 is 2.74 bits per heavy atom. The van der Waals surface area contributed by atoms with E-state index >= 15 is 0 Å². The third-order valence-corrected chi connectivity index (χ3v) is 6.65. The molecule has 0 saturated heterocycles. The van der Waals surface area contributed by atoms with Crippen molar-refractivity contribution in [3.05, 3.63) is 110 Å². The first-order valence-corrected chi connectivity index (χ1v) is 13.5. The highest BCUT2D eigenvalue weighted by Gasteiger charge is 2.14. The number of fused-ring (bicyclic) bond motifs is 1. The van der Waals surface area contributed by atoms with E-state index in [0.717, 1.165) is 34.0 Å². The molecule has 3 aromatic carbocycles. The van der Waals surface area contributed by atoms with Crippen molar-refractivity contribution in [2.24, 2.45) is 5.10 Å². The van der Waals surface area contributed by atoms with Crippen LogP contribution in [0.2, 0.25) is 0 Å². The van der Waals surface area contributed by atoms with Crippen molar-refractivity contribution in [2.45, 2.75) is 46.1 Å². The summed E-state index contributed by atoms with van der Waals surface area (Å²) in [7, 11) is 1.62. The third-order valence-electron chi connectivity index (χ3n) is 6.16. The Kier molecular flexibility index (Phi) is 9.13. The highest BCUT2D eigenvalue weighted by molar-refractivity contribution is 9.10. The van der Waals surface area contributed by atoms with Gasteiger partial charge in [0.05, 0.1) is 24.2 Å². The van der Waals surface area contributed by atoms with Crippen molar-refractivity contribution in [1.29, 1.82) is 0 Å². The Labute approximate surface area is 231 Å². The number of unbranched alkanes of at least 4 members (excludes halogenated alkanes) is 1. The van der Waals surface area contributed by atoms with Crippen molar-refractivity contribution in [3.63, 3.8) is 0 Å². The summed E-state index contributed by atoms with van der Waals surface area (Å²) in [5, 5.41) is 5.11. The molecule has 0 aliphatic rings. The molecule has 0 atom stereocenters. The molecule has 7 heteroatoms. The molecular formula is C31H32BrN3O3. The summed E-state index contributed by atoms with van der Waals surface area (Å²) in [6.07, 6.45) is 6.65. The Morgan fingerprint density at radius 1 is 1.16 bits per heavy atom. The number of aryl methyl sites for hydroxylation is 2. The van der Waals surface area contributed by atoms with Crippen LogP contribution in [0, 0.1) is 6.92 Å². The third kappa shape index (κ3) is 6.40. The van der Waals surface area contributed by atoms with Crippen LogP contribution in [-0.4, -0.2) is 23.0 Å². The maximum Gasteiger partial charge on any atom is 0.282 e. The van der Waals surface area contributed by atoms with Gasteiger partial charge in [-0.2, -0.15) is 9.78 Å². The lowest BCUT2D eigenvalue weighted by molar-refractivity contribution is 0.282. The molecule has 0 N–H and O–H groups in total. The number of hydrogen-bond donors (Lipinski definition) is 0. The summed E-state index contributed by atoms with van der Waals surface area (Å²) in [6, 6.07) is 17.6. The quantitative estimate of drug-likeness (QED) is 0.143. The first-order valence-electron chi connectivity index (χ1n) is 12.7. The van der Waals surface area contributed by atoms with E-state index < -0.39 is 0 Å². The molecule has 0 aliphatic heterocycles. The summed E-state index contributed by atoms with van der Waals surface area (Å²) in [4.78, 5) is 18.2. The molecule has 0 radical (unpaired) electrons. The van der Waals surface area contributed by atoms with Gasteiger partial charge in [0.15, 0.2) is 11.5 Å². The Bertz CT molecular complexity index is 1540. The maximum absolute atomic E-state index is 13.4. The van der Waals surface area contributed by atoms with Gasteiger partial charge in [0.1, 0.15) is 12.4 Å². The molecule has 38 heavy (non-hydrogen) atoms. The van der Waals surface area contributed by atoms with E-state index in [0.29, 0.717) is 47.7 Å². The van der Waals surface area contributed by atoms with Gasteiger partial charge in [0, 0.05) is 16.5 Å². The molecule has 0 aliphatic carbocycles. The van der Waals surface area contributed by atoms with Crippen LogP contribution in [0.25, 0.3) is 10.9 Å². The predicted molar refractivity (Wildman–Crippen MR) is 158 cm³/mol. The Morgan fingerprint density at radius 2 is 2.00 bits per heavy atom. The van der Waals surface area contributed by atoms with Gasteiger partial charge in [-0.3, -0.25) is 4.79 Å². The summed E-state index contributed by atoms with van der Waals surface area (Å²) < 4.78 is 14.2. The van der Waals surface area contributed by atoms with Crippen molar-refractivity contribution in [3.8, 4) is 11.5 Å². The number of ether oxygens (including phenoxy) is 2. The standard InChI is InChI=1S/C31H32BrN3O3/c1-5-7-12-29-34-27-14-13-25(32)18-26(27)31(36)35(29)33-19-23-16-24(9-6-2)30(28(17-23)37-4)38-20-22-11-8-10-21(3)15-22/h6,8,10-11,13-19H,2,5,7,9,12,20H2,1,3-4H3. The number of allylic oxidation sites excluding steroid dienone is 1. The van der Waals surface area contributed by atoms with E-state index in [1.165, 1.54) is 10.2 Å². The zero-order valence-corrected chi connectivity index (χ0v) is 23.6. The topological polar surface area (TPSA) is 65.7 Å². The van der Waals surface area contributed by atoms with E-state index in [-0.39, 0.29) is 5.56 Å². The fourth-order valence-electron chi connectivity index (χ4n) is 4.27. The lowest BCUT2D eigenvalue weighted by atomic mass is 10.1. The monoisotopic (exact) mass is 573 g/mol. The average Bonchev–Trinajstić information content (AvgIpc) is 2.91. The van der Waals surface area contributed by atoms with Crippen LogP contribution in [0.15, 0.2) is 81.6 Å². The lowest BCUT2D eigenvalue weighted by Gasteiger charge is -2.16. The van der Waals surface area contributed by atoms with Crippen molar-refractivity contribution in [1.82, 2.24) is 9.66 Å². The van der Waals surface area contributed by atoms with Gasteiger partial charge in [-0.05, 0) is 61.2 Å². The minimum atomic E-state index is -0.199. The highest BCUT2D eigenvalue weighted by Crippen LogP contribution is 2.34. The van der Waals surface area contributed by atoms with Crippen LogP contribution in [0.5, 0.6) is 11.5 Å². The summed E-state index contributed by atoms with van der Waals surface area (Å²) in [6.45, 7) is 8.50. The molecular weight excluding hydrogens is 542 g/mol. The first kappa shape index (κ1) is 27.3. The van der Waals surface area contributed by atoms with E-state index in [1.807, 2.05) is 42.5 Å². The van der Waals surface area contributed by atoms with Crippen LogP contribution >= 0.6 is 15.9 Å². The van der Waals surface area contributed by atoms with Crippen LogP contribution in [-0.2, 0) is 19.4 Å². The molecule has 4 aromatic rings. The minimum absolute atomic E-state index is 0.199. The molecule has 1 aromatic heterocycles. The van der Waals surface area contributed by atoms with Gasteiger partial charge >= 0.3 is 0 Å². The molecule has 1 heterocycles. The van der Waals surface area contributed by atoms with Gasteiger partial charge in [0.25, 0.3) is 5.56 Å². The number of nitrogens with zero attached hydrogens (tertiary/aromatic N) is 3. The van der Waals surface area contributed by atoms with Gasteiger partial charge < -0.3 is 9.47 Å². The second-order valence-electron chi connectivity index (χ2n) is 9.14. The number of halogens is 1. The number of hydrogen-bond acceptors (Lipinski definition) is 5. The average molecular weight is 575 g/mol. The zero-order chi connectivity index (χ0) is 27.1. The van der Waals surface area contributed by atoms with Gasteiger partial charge in [0.2, 0.25) is 0 Å². The largest absolute Gasteiger partial charge is 0.493 e. The predicted octanol–water partition coefficient (Wildman–Crippen LogP) is 7.01. The highest BCUT2D eigenvalue weighted by atomic mass is 79.9. The molecule has 0 fully saturated rings. The lowest BCUT2D eigenvalue weighted by Crippen LogP contribution is -2.22. The normalized spacial score (nSPS) is 11.3. The van der Waals surface area contributed by atoms with E-state index in [9.17, 15) is 4.79 Å². The maximum atomic E-state index is 13.4. The van der Waals surface area contributed by atoms with Crippen molar-refractivity contribution >= 4 is 33.0 Å². The van der Waals surface area contributed by atoms with E-state index in [4.69, 9.17) is 14.5 Å². The molecule has 0 saturated carbocycles. The number of aromatic nitrogens is 2. The first-order chi connectivity index (χ1) is 18.4. The van der Waals surface area contributed by atoms with E-state index in [2.05, 4.69) is 53.6 Å². The van der Waals surface area contributed by atoms with E-state index in [1.54, 1.807) is 19.4 Å². The van der Waals surface area contributed by atoms with Crippen LogP contribution in [0.3, 0.4) is 0 Å². The Hall–Kier alpha value is -3.71. The van der Waals surface area contributed by atoms with Crippen molar-refractivity contribution in [2.75, 3.05) is 7.11 Å². The second kappa shape index (κ2) is 12.7. The molecule has 4 rings (SSSR count). The molecule has 196 valence electrons. The number of methoxy groups -OCH3 is 1. The molecule has 0 bridgehead atoms. The van der Waals surface area contributed by atoms with Gasteiger partial charge in [-0.1, -0.05) is 65.2 Å². The SMILES string of the molecule is C=CCc1cc(C=Nn2c(CCCC)nc3ccc(Br)cc3c2=O)cc(OC)c1OCc1cccc(C)c1. The Balaban J connectivity index is 1.72. The second-order valence-corrected chi connectivity index (χ2v) is 10.1. The summed E-state index contributed by atoms with van der Waals surface area (Å²) in [5.74, 6) is 1.90. The van der Waals surface area contributed by atoms with Crippen LogP contribution in [0.4, 0.5) is 0 Å². The van der Waals surface area contributed by atoms with Crippen LogP contribution in [0.1, 0.15) is 47.8 Å². The molecule has 0 spiro atoms. The smallest absolute Gasteiger partial charge is 0.282 e. The number of rotatable bonds is 11. The number of benzene rings is 3. The fraction of sp³-hybridized carbons (Fsp3) is 0.258. The van der Waals surface area contributed by atoms with Crippen LogP contribution < -0.4 is 15.0 Å². The van der Waals surface area contributed by atoms with Gasteiger partial charge in [-0.15, -0.1) is 6.58 Å². The fourth-order valence-corrected chi connectivity index (χ4v) is 4.63. The zero-order valence-electron chi connectivity index (χ0n) is 22.0. The summed E-state index contributed by atoms with van der Waals surface area (Å²) >= 11 is 3.46. The van der Waals surface area contributed by atoms with Gasteiger partial charge in [-0.25, -0.2) is 4.98 Å². The van der Waals surface area contributed by atoms with Crippen molar-refractivity contribution < 1.29 is 9.47 Å². The molecule has 0 unspecified atom stereocenters. The molecule has 0 amide bonds.